The Kier molecular flexibility index (Phi) is 3.72. The molecule has 0 aromatic rings. The Morgan fingerprint density at radius 1 is 1.35 bits per heavy atom. The summed E-state index contributed by atoms with van der Waals surface area (Å²) in [5.41, 5.74) is -0.415. The maximum absolute atomic E-state index is 9.22. The van der Waals surface area contributed by atoms with E-state index in [1.54, 1.807) is 0 Å². The Morgan fingerprint density at radius 2 is 2.06 bits per heavy atom. The number of nitrogens with one attached hydrogen (secondary N) is 1. The van der Waals surface area contributed by atoms with Gasteiger partial charge in [-0.05, 0) is 46.8 Å². The standard InChI is InChI=1S/C13H24N4/c1-13(9-14,15-2)10-17-7-6-11-4-5-12(8-17)16(11)3/h11-12,15H,4-8,10H2,1-3H3. The van der Waals surface area contributed by atoms with E-state index >= 15 is 0 Å². The van der Waals surface area contributed by atoms with E-state index in [-0.39, 0.29) is 0 Å². The molecule has 0 aromatic carbocycles. The lowest BCUT2D eigenvalue weighted by Gasteiger charge is -2.31. The summed E-state index contributed by atoms with van der Waals surface area (Å²) in [6.07, 6.45) is 3.93. The minimum absolute atomic E-state index is 0.415. The quantitative estimate of drug-likeness (QED) is 0.781. The van der Waals surface area contributed by atoms with E-state index in [0.29, 0.717) is 6.04 Å². The van der Waals surface area contributed by atoms with Gasteiger partial charge in [0.25, 0.3) is 0 Å². The van der Waals surface area contributed by atoms with Crippen molar-refractivity contribution in [2.45, 2.75) is 43.8 Å². The van der Waals surface area contributed by atoms with Gasteiger partial charge >= 0.3 is 0 Å². The maximum atomic E-state index is 9.22. The predicted octanol–water partition coefficient (Wildman–Crippen LogP) is 0.657. The average Bonchev–Trinajstić information content (AvgIpc) is 2.57. The maximum Gasteiger partial charge on any atom is 0.116 e. The normalized spacial score (nSPS) is 34.0. The number of nitriles is 1. The number of rotatable bonds is 3. The zero-order valence-electron chi connectivity index (χ0n) is 11.2. The SMILES string of the molecule is CNC(C)(C#N)CN1CCC2CCC(C1)N2C. The van der Waals surface area contributed by atoms with Crippen molar-refractivity contribution in [3.63, 3.8) is 0 Å². The van der Waals surface area contributed by atoms with Crippen LogP contribution in [0.1, 0.15) is 26.2 Å². The summed E-state index contributed by atoms with van der Waals surface area (Å²) in [6.45, 7) is 5.06. The van der Waals surface area contributed by atoms with Gasteiger partial charge in [0.05, 0.1) is 6.07 Å². The molecule has 0 saturated carbocycles. The van der Waals surface area contributed by atoms with Crippen LogP contribution in [0.5, 0.6) is 0 Å². The van der Waals surface area contributed by atoms with Crippen molar-refractivity contribution < 1.29 is 0 Å². The van der Waals surface area contributed by atoms with E-state index in [4.69, 9.17) is 0 Å². The van der Waals surface area contributed by atoms with E-state index in [1.165, 1.54) is 19.3 Å². The van der Waals surface area contributed by atoms with Crippen molar-refractivity contribution in [3.8, 4) is 6.07 Å². The summed E-state index contributed by atoms with van der Waals surface area (Å²) in [7, 11) is 4.13. The first-order valence-electron chi connectivity index (χ1n) is 6.62. The number of fused-ring (bicyclic) bond motifs is 2. The van der Waals surface area contributed by atoms with Gasteiger partial charge in [0.15, 0.2) is 0 Å². The van der Waals surface area contributed by atoms with Gasteiger partial charge in [0.2, 0.25) is 0 Å². The molecule has 4 nitrogen and oxygen atoms in total. The average molecular weight is 236 g/mol. The largest absolute Gasteiger partial charge is 0.302 e. The van der Waals surface area contributed by atoms with Crippen LogP contribution in [0.2, 0.25) is 0 Å². The third-order valence-corrected chi connectivity index (χ3v) is 4.57. The lowest BCUT2D eigenvalue weighted by molar-refractivity contribution is 0.195. The van der Waals surface area contributed by atoms with Gasteiger partial charge < -0.3 is 5.32 Å². The fourth-order valence-electron chi connectivity index (χ4n) is 3.14. The van der Waals surface area contributed by atoms with Crippen molar-refractivity contribution in [2.24, 2.45) is 0 Å². The van der Waals surface area contributed by atoms with Crippen molar-refractivity contribution in [1.82, 2.24) is 15.1 Å². The van der Waals surface area contributed by atoms with Crippen LogP contribution in [0, 0.1) is 11.3 Å². The van der Waals surface area contributed by atoms with Gasteiger partial charge in [0, 0.05) is 25.2 Å². The number of hydrogen-bond donors (Lipinski definition) is 1. The molecule has 0 radical (unpaired) electrons. The second kappa shape index (κ2) is 4.93. The molecule has 3 atom stereocenters. The smallest absolute Gasteiger partial charge is 0.116 e. The van der Waals surface area contributed by atoms with Crippen LogP contribution >= 0.6 is 0 Å². The Labute approximate surface area is 105 Å². The fourth-order valence-corrected chi connectivity index (χ4v) is 3.14. The highest BCUT2D eigenvalue weighted by Crippen LogP contribution is 2.28. The Hall–Kier alpha value is -0.630. The van der Waals surface area contributed by atoms with Gasteiger partial charge in [-0.25, -0.2) is 0 Å². The highest BCUT2D eigenvalue weighted by atomic mass is 15.3. The van der Waals surface area contributed by atoms with Crippen LogP contribution in [0.3, 0.4) is 0 Å². The third kappa shape index (κ3) is 2.62. The highest BCUT2D eigenvalue weighted by Gasteiger charge is 2.36. The number of nitrogens with zero attached hydrogens (tertiary/aromatic N) is 3. The molecule has 3 unspecified atom stereocenters. The van der Waals surface area contributed by atoms with Crippen molar-refractivity contribution >= 4 is 0 Å². The minimum atomic E-state index is -0.415. The van der Waals surface area contributed by atoms with Crippen LogP contribution in [0.25, 0.3) is 0 Å². The summed E-state index contributed by atoms with van der Waals surface area (Å²) in [5.74, 6) is 0. The van der Waals surface area contributed by atoms with Gasteiger partial charge in [-0.15, -0.1) is 0 Å². The molecule has 0 aliphatic carbocycles. The summed E-state index contributed by atoms with van der Waals surface area (Å²) < 4.78 is 0. The van der Waals surface area contributed by atoms with E-state index in [2.05, 4.69) is 28.2 Å². The molecule has 2 rings (SSSR count). The second-order valence-electron chi connectivity index (χ2n) is 5.77. The Bertz CT molecular complexity index is 311. The monoisotopic (exact) mass is 236 g/mol. The van der Waals surface area contributed by atoms with E-state index in [9.17, 15) is 5.26 Å². The number of likely N-dealkylation sites (N-methyl/N-ethyl adjacent to an activating group) is 2. The van der Waals surface area contributed by atoms with Crippen molar-refractivity contribution in [3.05, 3.63) is 0 Å². The summed E-state index contributed by atoms with van der Waals surface area (Å²) in [6, 6.07) is 3.85. The molecule has 17 heavy (non-hydrogen) atoms. The molecule has 2 aliphatic heterocycles. The predicted molar refractivity (Wildman–Crippen MR) is 68.7 cm³/mol. The zero-order valence-corrected chi connectivity index (χ0v) is 11.2. The highest BCUT2D eigenvalue weighted by molar-refractivity contribution is 5.06. The number of likely N-dealkylation sites (tertiary alicyclic amines) is 1. The molecule has 2 heterocycles. The fraction of sp³-hybridized carbons (Fsp3) is 0.923. The summed E-state index contributed by atoms with van der Waals surface area (Å²) >= 11 is 0. The molecule has 0 amide bonds. The van der Waals surface area contributed by atoms with Gasteiger partial charge in [0.1, 0.15) is 5.54 Å². The lowest BCUT2D eigenvalue weighted by Crippen LogP contribution is -2.50. The van der Waals surface area contributed by atoms with Crippen LogP contribution < -0.4 is 5.32 Å². The molecular formula is C13H24N4. The zero-order chi connectivity index (χ0) is 12.5. The minimum Gasteiger partial charge on any atom is -0.302 e. The molecule has 1 N–H and O–H groups in total. The van der Waals surface area contributed by atoms with Crippen LogP contribution in [-0.2, 0) is 0 Å². The van der Waals surface area contributed by atoms with E-state index in [1.807, 2.05) is 14.0 Å². The van der Waals surface area contributed by atoms with Gasteiger partial charge in [-0.1, -0.05) is 0 Å². The first kappa shape index (κ1) is 12.8. The van der Waals surface area contributed by atoms with E-state index < -0.39 is 5.54 Å². The topological polar surface area (TPSA) is 42.3 Å². The second-order valence-corrected chi connectivity index (χ2v) is 5.77. The van der Waals surface area contributed by atoms with Gasteiger partial charge in [-0.2, -0.15) is 5.26 Å². The van der Waals surface area contributed by atoms with Crippen LogP contribution in [0.4, 0.5) is 0 Å². The summed E-state index contributed by atoms with van der Waals surface area (Å²) in [5, 5.41) is 12.4. The molecule has 2 aliphatic rings. The molecular weight excluding hydrogens is 212 g/mol. The molecule has 2 saturated heterocycles. The van der Waals surface area contributed by atoms with Crippen molar-refractivity contribution in [2.75, 3.05) is 33.7 Å². The molecule has 2 fully saturated rings. The molecule has 0 spiro atoms. The van der Waals surface area contributed by atoms with E-state index in [0.717, 1.165) is 25.7 Å². The Morgan fingerprint density at radius 3 is 2.71 bits per heavy atom. The first-order valence-corrected chi connectivity index (χ1v) is 6.62. The number of hydrogen-bond acceptors (Lipinski definition) is 4. The van der Waals surface area contributed by atoms with Crippen molar-refractivity contribution in [1.29, 1.82) is 5.26 Å². The Balaban J connectivity index is 1.98. The molecule has 0 aromatic heterocycles. The molecule has 2 bridgehead atoms. The van der Waals surface area contributed by atoms with Crippen LogP contribution in [0.15, 0.2) is 0 Å². The lowest BCUT2D eigenvalue weighted by atomic mass is 10.0. The first-order chi connectivity index (χ1) is 8.08. The van der Waals surface area contributed by atoms with Gasteiger partial charge in [-0.3, -0.25) is 9.80 Å². The van der Waals surface area contributed by atoms with Crippen LogP contribution in [-0.4, -0.2) is 61.2 Å². The molecule has 4 heteroatoms. The third-order valence-electron chi connectivity index (χ3n) is 4.57. The molecule has 96 valence electrons. The summed E-state index contributed by atoms with van der Waals surface area (Å²) in [4.78, 5) is 5.00.